The van der Waals surface area contributed by atoms with Crippen LogP contribution >= 0.6 is 46.8 Å². The Kier molecular flexibility index (Phi) is 9.11. The summed E-state index contributed by atoms with van der Waals surface area (Å²) in [5.74, 6) is -0.640. The maximum atomic E-state index is 13.2. The van der Waals surface area contributed by atoms with E-state index in [4.69, 9.17) is 4.74 Å². The summed E-state index contributed by atoms with van der Waals surface area (Å²) >= 11 is 5.45. The number of hydrogen-bond acceptors (Lipinski definition) is 10. The second-order valence-electron chi connectivity index (χ2n) is 7.63. The van der Waals surface area contributed by atoms with Gasteiger partial charge in [0.15, 0.2) is 4.34 Å². The Bertz CT molecular complexity index is 1080. The molecule has 0 spiro atoms. The third-order valence-electron chi connectivity index (χ3n) is 5.27. The maximum absolute atomic E-state index is 13.2. The SMILES string of the molecule is CCCOCSC(C(=O)N[C@H]1C(=O)N2C(C(=O)O)=C(CSc3ncns3)CSC12)c1ccccc1. The van der Waals surface area contributed by atoms with Crippen LogP contribution in [0.5, 0.6) is 0 Å². The number of nitrogens with one attached hydrogen (secondary N) is 1. The summed E-state index contributed by atoms with van der Waals surface area (Å²) in [4.78, 5) is 43.7. The van der Waals surface area contributed by atoms with E-state index in [1.807, 2.05) is 37.3 Å². The third kappa shape index (κ3) is 6.02. The molecule has 0 bridgehead atoms. The van der Waals surface area contributed by atoms with Crippen molar-refractivity contribution >= 4 is 64.6 Å². The maximum Gasteiger partial charge on any atom is 0.352 e. The van der Waals surface area contributed by atoms with Gasteiger partial charge in [-0.1, -0.05) is 49.0 Å². The first-order valence-electron chi connectivity index (χ1n) is 10.8. The number of rotatable bonds is 12. The van der Waals surface area contributed by atoms with E-state index in [-0.39, 0.29) is 11.6 Å². The summed E-state index contributed by atoms with van der Waals surface area (Å²) in [6.07, 6.45) is 2.34. The fraction of sp³-hybridized carbons (Fsp3) is 0.409. The van der Waals surface area contributed by atoms with Gasteiger partial charge in [0.05, 0.1) is 5.94 Å². The first-order valence-corrected chi connectivity index (χ1v) is 14.7. The van der Waals surface area contributed by atoms with Crippen molar-refractivity contribution < 1.29 is 24.2 Å². The molecule has 186 valence electrons. The summed E-state index contributed by atoms with van der Waals surface area (Å²) in [7, 11) is 0. The number of carbonyl (C=O) groups is 3. The average molecular weight is 553 g/mol. The minimum Gasteiger partial charge on any atom is -0.477 e. The number of carboxylic acid groups (broad SMARTS) is 1. The first kappa shape index (κ1) is 26.0. The van der Waals surface area contributed by atoms with Crippen molar-refractivity contribution in [2.75, 3.05) is 24.1 Å². The highest BCUT2D eigenvalue weighted by molar-refractivity contribution is 8.01. The standard InChI is InChI=1S/C22H24N4O5S4/c1-2-8-31-12-34-17(13-6-4-3-5-7-13)18(27)25-15-19(28)26-16(21(29)30)14(9-32-20(15)26)10-33-22-23-11-24-35-22/h3-7,11,15,17,20H,2,8-10,12H2,1H3,(H,25,27)(H,29,30)/t15-,17?,20?/m0/s1. The van der Waals surface area contributed by atoms with Crippen LogP contribution < -0.4 is 5.32 Å². The van der Waals surface area contributed by atoms with Crippen LogP contribution in [0.3, 0.4) is 0 Å². The van der Waals surface area contributed by atoms with Gasteiger partial charge in [0.1, 0.15) is 28.7 Å². The monoisotopic (exact) mass is 552 g/mol. The Labute approximate surface area is 219 Å². The zero-order chi connectivity index (χ0) is 24.8. The van der Waals surface area contributed by atoms with Gasteiger partial charge < -0.3 is 15.2 Å². The molecule has 4 rings (SSSR count). The number of nitrogens with zero attached hydrogens (tertiary/aromatic N) is 3. The van der Waals surface area contributed by atoms with Gasteiger partial charge in [-0.05, 0) is 29.1 Å². The highest BCUT2D eigenvalue weighted by Crippen LogP contribution is 2.42. The van der Waals surface area contributed by atoms with Gasteiger partial charge in [-0.3, -0.25) is 14.5 Å². The lowest BCUT2D eigenvalue weighted by Gasteiger charge is -2.49. The number of thioether (sulfide) groups is 3. The fourth-order valence-electron chi connectivity index (χ4n) is 3.67. The number of carboxylic acids is 1. The molecular formula is C22H24N4O5S4. The van der Waals surface area contributed by atoms with Gasteiger partial charge >= 0.3 is 5.97 Å². The van der Waals surface area contributed by atoms with E-state index in [1.54, 1.807) is 0 Å². The lowest BCUT2D eigenvalue weighted by atomic mass is 10.0. The zero-order valence-electron chi connectivity index (χ0n) is 18.8. The molecule has 2 aliphatic heterocycles. The molecule has 2 amide bonds. The Hall–Kier alpha value is -2.06. The Morgan fingerprint density at radius 3 is 2.83 bits per heavy atom. The zero-order valence-corrected chi connectivity index (χ0v) is 22.1. The Balaban J connectivity index is 1.44. The number of β-lactam (4-membered cyclic amide) rings is 1. The van der Waals surface area contributed by atoms with Crippen molar-refractivity contribution in [3.63, 3.8) is 0 Å². The number of hydrogen-bond donors (Lipinski definition) is 2. The van der Waals surface area contributed by atoms with Gasteiger partial charge in [0, 0.05) is 18.1 Å². The van der Waals surface area contributed by atoms with Crippen LogP contribution in [0.2, 0.25) is 0 Å². The third-order valence-corrected chi connectivity index (χ3v) is 9.61. The Morgan fingerprint density at radius 2 is 2.14 bits per heavy atom. The molecular weight excluding hydrogens is 529 g/mol. The van der Waals surface area contributed by atoms with Gasteiger partial charge in [0.2, 0.25) is 5.91 Å². The summed E-state index contributed by atoms with van der Waals surface area (Å²) in [6.45, 7) is 2.62. The second-order valence-corrected chi connectivity index (χ2v) is 11.8. The summed E-state index contributed by atoms with van der Waals surface area (Å²) in [5.41, 5.74) is 1.48. The van der Waals surface area contributed by atoms with Crippen molar-refractivity contribution in [1.29, 1.82) is 0 Å². The van der Waals surface area contributed by atoms with E-state index >= 15 is 0 Å². The Morgan fingerprint density at radius 1 is 1.34 bits per heavy atom. The molecule has 0 radical (unpaired) electrons. The predicted molar refractivity (Wildman–Crippen MR) is 138 cm³/mol. The summed E-state index contributed by atoms with van der Waals surface area (Å²) < 4.78 is 10.2. The molecule has 0 aliphatic carbocycles. The molecule has 9 nitrogen and oxygen atoms in total. The molecule has 13 heteroatoms. The summed E-state index contributed by atoms with van der Waals surface area (Å²) in [6, 6.07) is 8.57. The minimum atomic E-state index is -1.15. The quantitative estimate of drug-likeness (QED) is 0.176. The van der Waals surface area contributed by atoms with Crippen LogP contribution in [0.15, 0.2) is 52.3 Å². The number of aromatic nitrogens is 2. The molecule has 2 aliphatic rings. The lowest BCUT2D eigenvalue weighted by molar-refractivity contribution is -0.150. The van der Waals surface area contributed by atoms with Gasteiger partial charge in [-0.2, -0.15) is 4.37 Å². The second kappa shape index (κ2) is 12.3. The van der Waals surface area contributed by atoms with E-state index < -0.39 is 28.5 Å². The molecule has 0 saturated carbocycles. The van der Waals surface area contributed by atoms with Crippen LogP contribution in [0, 0.1) is 0 Å². The molecule has 1 saturated heterocycles. The molecule has 2 N–H and O–H groups in total. The molecule has 3 heterocycles. The van der Waals surface area contributed by atoms with Crippen LogP contribution in [-0.2, 0) is 19.1 Å². The molecule has 1 fully saturated rings. The highest BCUT2D eigenvalue weighted by atomic mass is 32.2. The van der Waals surface area contributed by atoms with Crippen molar-refractivity contribution in [3.05, 3.63) is 53.5 Å². The molecule has 1 aromatic heterocycles. The molecule has 2 unspecified atom stereocenters. The van der Waals surface area contributed by atoms with Crippen molar-refractivity contribution in [3.8, 4) is 0 Å². The number of ether oxygens (including phenoxy) is 1. The molecule has 35 heavy (non-hydrogen) atoms. The van der Waals surface area contributed by atoms with Gasteiger partial charge in [0.25, 0.3) is 5.91 Å². The van der Waals surface area contributed by atoms with Crippen LogP contribution in [0.25, 0.3) is 0 Å². The number of aliphatic carboxylic acids is 1. The van der Waals surface area contributed by atoms with Crippen molar-refractivity contribution in [1.82, 2.24) is 19.6 Å². The van der Waals surface area contributed by atoms with Gasteiger partial charge in [-0.15, -0.1) is 23.5 Å². The topological polar surface area (TPSA) is 122 Å². The number of carbonyl (C=O) groups excluding carboxylic acids is 2. The highest BCUT2D eigenvalue weighted by Gasteiger charge is 2.54. The lowest BCUT2D eigenvalue weighted by Crippen LogP contribution is -2.70. The van der Waals surface area contributed by atoms with E-state index in [9.17, 15) is 19.5 Å². The summed E-state index contributed by atoms with van der Waals surface area (Å²) in [5, 5.41) is 11.7. The fourth-order valence-corrected chi connectivity index (χ4v) is 7.52. The smallest absolute Gasteiger partial charge is 0.352 e. The molecule has 2 aromatic rings. The minimum absolute atomic E-state index is 0.00298. The van der Waals surface area contributed by atoms with E-state index in [2.05, 4.69) is 14.7 Å². The average Bonchev–Trinajstić information content (AvgIpc) is 3.39. The number of fused-ring (bicyclic) bond motifs is 1. The largest absolute Gasteiger partial charge is 0.477 e. The van der Waals surface area contributed by atoms with Crippen LogP contribution in [-0.4, -0.2) is 72.6 Å². The van der Waals surface area contributed by atoms with Gasteiger partial charge in [-0.25, -0.2) is 9.78 Å². The van der Waals surface area contributed by atoms with E-state index in [0.717, 1.165) is 16.3 Å². The molecule has 3 atom stereocenters. The normalized spacial score (nSPS) is 20.3. The van der Waals surface area contributed by atoms with Crippen LogP contribution in [0.1, 0.15) is 24.2 Å². The molecule has 1 aromatic carbocycles. The van der Waals surface area contributed by atoms with Crippen molar-refractivity contribution in [2.24, 2.45) is 0 Å². The van der Waals surface area contributed by atoms with Crippen LogP contribution in [0.4, 0.5) is 0 Å². The van der Waals surface area contributed by atoms with Crippen molar-refractivity contribution in [2.45, 2.75) is 34.3 Å². The first-order chi connectivity index (χ1) is 17.0. The van der Waals surface area contributed by atoms with E-state index in [1.165, 1.54) is 58.0 Å². The van der Waals surface area contributed by atoms with E-state index in [0.29, 0.717) is 29.6 Å². The predicted octanol–water partition coefficient (Wildman–Crippen LogP) is 3.23. The number of benzene rings is 1. The number of amides is 2.